The molecule has 166 valence electrons. The number of pyridine rings is 1. The summed E-state index contributed by atoms with van der Waals surface area (Å²) in [6.07, 6.45) is -3.05. The summed E-state index contributed by atoms with van der Waals surface area (Å²) in [6, 6.07) is 9.04. The largest absolute Gasteiger partial charge is 0.405 e. The first-order valence-electron chi connectivity index (χ1n) is 8.97. The third-order valence-electron chi connectivity index (χ3n) is 3.74. The summed E-state index contributed by atoms with van der Waals surface area (Å²) in [6.45, 7) is -0.0681. The van der Waals surface area contributed by atoms with Gasteiger partial charge in [0.25, 0.3) is 5.91 Å². The van der Waals surface area contributed by atoms with Crippen LogP contribution < -0.4 is 16.0 Å². The number of anilines is 3. The molecule has 1 aromatic carbocycles. The number of carbonyl (C=O) groups is 2. The van der Waals surface area contributed by atoms with Crippen molar-refractivity contribution in [1.29, 1.82) is 0 Å². The van der Waals surface area contributed by atoms with Gasteiger partial charge >= 0.3 is 6.18 Å². The first-order chi connectivity index (χ1) is 15.1. The highest BCUT2D eigenvalue weighted by molar-refractivity contribution is 6.34. The van der Waals surface area contributed by atoms with Gasteiger partial charge in [-0.1, -0.05) is 17.7 Å². The maximum Gasteiger partial charge on any atom is 0.405 e. The number of nitrogens with zero attached hydrogens (tertiary/aromatic N) is 4. The van der Waals surface area contributed by atoms with Gasteiger partial charge in [-0.3, -0.25) is 19.9 Å². The average Bonchev–Trinajstić information content (AvgIpc) is 2.72. The summed E-state index contributed by atoms with van der Waals surface area (Å²) in [5.74, 6) is -1.79. The standard InChI is InChI=1S/C19H15ClF3N7O2/c1-10(31)26-11-5-6-12(13(20)8-11)16(32)29-18-28-15(14-4-2-3-7-24-14)27-17(30-18)25-9-19(21,22)23/h2-8H,9H2,1H3,(H,26,31)(H2,25,27,28,29,30,32). The molecule has 0 aliphatic rings. The Morgan fingerprint density at radius 2 is 1.78 bits per heavy atom. The highest BCUT2D eigenvalue weighted by Gasteiger charge is 2.27. The van der Waals surface area contributed by atoms with Crippen molar-refractivity contribution in [2.75, 3.05) is 22.5 Å². The number of rotatable bonds is 6. The zero-order chi connectivity index (χ0) is 23.3. The van der Waals surface area contributed by atoms with E-state index in [1.165, 1.54) is 31.3 Å². The minimum Gasteiger partial charge on any atom is -0.345 e. The Morgan fingerprint density at radius 1 is 1.03 bits per heavy atom. The molecule has 3 aromatic rings. The van der Waals surface area contributed by atoms with Crippen LogP contribution in [-0.4, -0.2) is 44.5 Å². The molecule has 3 N–H and O–H groups in total. The van der Waals surface area contributed by atoms with Crippen LogP contribution >= 0.6 is 11.6 Å². The van der Waals surface area contributed by atoms with Crippen molar-refractivity contribution >= 4 is 41.0 Å². The second-order valence-electron chi connectivity index (χ2n) is 6.32. The highest BCUT2D eigenvalue weighted by Crippen LogP contribution is 2.23. The second-order valence-corrected chi connectivity index (χ2v) is 6.73. The first kappa shape index (κ1) is 22.9. The zero-order valence-corrected chi connectivity index (χ0v) is 17.1. The summed E-state index contributed by atoms with van der Waals surface area (Å²) < 4.78 is 37.8. The Kier molecular flexibility index (Phi) is 6.83. The van der Waals surface area contributed by atoms with Crippen LogP contribution in [0, 0.1) is 0 Å². The number of halogens is 4. The monoisotopic (exact) mass is 465 g/mol. The fraction of sp³-hybridized carbons (Fsp3) is 0.158. The molecule has 2 heterocycles. The smallest absolute Gasteiger partial charge is 0.345 e. The van der Waals surface area contributed by atoms with Gasteiger partial charge in [-0.15, -0.1) is 0 Å². The van der Waals surface area contributed by atoms with E-state index in [9.17, 15) is 22.8 Å². The molecule has 0 unspecified atom stereocenters. The van der Waals surface area contributed by atoms with Crippen molar-refractivity contribution in [1.82, 2.24) is 19.9 Å². The van der Waals surface area contributed by atoms with Gasteiger partial charge in [-0.05, 0) is 30.3 Å². The van der Waals surface area contributed by atoms with Gasteiger partial charge in [-0.25, -0.2) is 0 Å². The van der Waals surface area contributed by atoms with E-state index < -0.39 is 24.6 Å². The lowest BCUT2D eigenvalue weighted by Gasteiger charge is -2.12. The Bertz CT molecular complexity index is 1140. The molecule has 2 amide bonds. The third kappa shape index (κ3) is 6.35. The van der Waals surface area contributed by atoms with E-state index in [1.807, 2.05) is 0 Å². The minimum atomic E-state index is -4.51. The molecule has 9 nitrogen and oxygen atoms in total. The van der Waals surface area contributed by atoms with Crippen molar-refractivity contribution < 1.29 is 22.8 Å². The molecule has 0 spiro atoms. The fourth-order valence-electron chi connectivity index (χ4n) is 2.45. The Hall–Kier alpha value is -3.80. The van der Waals surface area contributed by atoms with Crippen LogP contribution in [0.4, 0.5) is 30.8 Å². The average molecular weight is 466 g/mol. The van der Waals surface area contributed by atoms with Crippen LogP contribution in [-0.2, 0) is 4.79 Å². The Balaban J connectivity index is 1.89. The van der Waals surface area contributed by atoms with E-state index in [4.69, 9.17) is 11.6 Å². The molecule has 2 aromatic heterocycles. The molecular weight excluding hydrogens is 451 g/mol. The van der Waals surface area contributed by atoms with Gasteiger partial charge < -0.3 is 10.6 Å². The lowest BCUT2D eigenvalue weighted by atomic mass is 10.2. The summed E-state index contributed by atoms with van der Waals surface area (Å²) >= 11 is 6.12. The van der Waals surface area contributed by atoms with Gasteiger partial charge in [-0.2, -0.15) is 28.1 Å². The highest BCUT2D eigenvalue weighted by atomic mass is 35.5. The van der Waals surface area contributed by atoms with E-state index in [0.717, 1.165) is 0 Å². The topological polar surface area (TPSA) is 122 Å². The molecule has 32 heavy (non-hydrogen) atoms. The van der Waals surface area contributed by atoms with Crippen LogP contribution in [0.25, 0.3) is 11.5 Å². The van der Waals surface area contributed by atoms with Gasteiger partial charge in [0.05, 0.1) is 10.6 Å². The van der Waals surface area contributed by atoms with Gasteiger partial charge in [0.1, 0.15) is 12.2 Å². The van der Waals surface area contributed by atoms with Crippen molar-refractivity contribution in [3.05, 3.63) is 53.2 Å². The van der Waals surface area contributed by atoms with E-state index in [1.54, 1.807) is 18.2 Å². The number of hydrogen-bond donors (Lipinski definition) is 3. The molecule has 0 fully saturated rings. The van der Waals surface area contributed by atoms with Gasteiger partial charge in [0, 0.05) is 18.8 Å². The van der Waals surface area contributed by atoms with E-state index in [0.29, 0.717) is 5.69 Å². The molecule has 0 aliphatic carbocycles. The molecule has 0 saturated carbocycles. The van der Waals surface area contributed by atoms with Crippen LogP contribution in [0.1, 0.15) is 17.3 Å². The quantitative estimate of drug-likeness (QED) is 0.506. The van der Waals surface area contributed by atoms with E-state index >= 15 is 0 Å². The van der Waals surface area contributed by atoms with Crippen molar-refractivity contribution in [2.24, 2.45) is 0 Å². The van der Waals surface area contributed by atoms with Gasteiger partial charge in [0.15, 0.2) is 5.82 Å². The number of alkyl halides is 3. The number of carbonyl (C=O) groups excluding carboxylic acids is 2. The lowest BCUT2D eigenvalue weighted by Crippen LogP contribution is -2.23. The van der Waals surface area contributed by atoms with Crippen molar-refractivity contribution in [2.45, 2.75) is 13.1 Å². The minimum absolute atomic E-state index is 0.0307. The Morgan fingerprint density at radius 3 is 2.41 bits per heavy atom. The molecular formula is C19H15ClF3N7O2. The fourth-order valence-corrected chi connectivity index (χ4v) is 2.72. The van der Waals surface area contributed by atoms with Gasteiger partial charge in [0.2, 0.25) is 17.8 Å². The lowest BCUT2D eigenvalue weighted by molar-refractivity contribution is -0.115. The number of nitrogens with one attached hydrogen (secondary N) is 3. The first-order valence-corrected chi connectivity index (χ1v) is 9.35. The molecule has 0 atom stereocenters. The van der Waals surface area contributed by atoms with Crippen LogP contribution in [0.5, 0.6) is 0 Å². The van der Waals surface area contributed by atoms with Crippen LogP contribution in [0.15, 0.2) is 42.6 Å². The summed E-state index contributed by atoms with van der Waals surface area (Å²) in [5.41, 5.74) is 0.679. The maximum absolute atomic E-state index is 12.6. The maximum atomic E-state index is 12.6. The predicted octanol–water partition coefficient (Wildman–Crippen LogP) is 3.77. The molecule has 0 saturated heterocycles. The second kappa shape index (κ2) is 9.56. The zero-order valence-electron chi connectivity index (χ0n) is 16.4. The molecule has 0 bridgehead atoms. The number of amides is 2. The number of benzene rings is 1. The summed E-state index contributed by atoms with van der Waals surface area (Å²) in [5, 5.41) is 6.99. The molecule has 0 aliphatic heterocycles. The van der Waals surface area contributed by atoms with Crippen molar-refractivity contribution in [3.63, 3.8) is 0 Å². The number of aromatic nitrogens is 4. The SMILES string of the molecule is CC(=O)Nc1ccc(C(=O)Nc2nc(NCC(F)(F)F)nc(-c3ccccn3)n2)c(Cl)c1. The molecule has 0 radical (unpaired) electrons. The number of hydrogen-bond acceptors (Lipinski definition) is 7. The predicted molar refractivity (Wildman–Crippen MR) is 111 cm³/mol. The molecule has 3 rings (SSSR count). The van der Waals surface area contributed by atoms with E-state index in [2.05, 4.69) is 35.9 Å². The normalized spacial score (nSPS) is 11.0. The molecule has 13 heteroatoms. The Labute approximate surface area is 184 Å². The third-order valence-corrected chi connectivity index (χ3v) is 4.05. The summed E-state index contributed by atoms with van der Waals surface area (Å²) in [4.78, 5) is 39.7. The van der Waals surface area contributed by atoms with Crippen LogP contribution in [0.3, 0.4) is 0 Å². The summed E-state index contributed by atoms with van der Waals surface area (Å²) in [7, 11) is 0. The van der Waals surface area contributed by atoms with Crippen molar-refractivity contribution in [3.8, 4) is 11.5 Å². The van der Waals surface area contributed by atoms with E-state index in [-0.39, 0.29) is 34.0 Å². The van der Waals surface area contributed by atoms with Crippen LogP contribution in [0.2, 0.25) is 5.02 Å².